The second kappa shape index (κ2) is 4.25. The number of H-pyrrole nitrogens is 1. The Morgan fingerprint density at radius 2 is 2.32 bits per heavy atom. The van der Waals surface area contributed by atoms with Crippen LogP contribution in [0.5, 0.6) is 0 Å². The molecular formula is C12H16N4O3. The number of rotatable bonds is 2. The van der Waals surface area contributed by atoms with E-state index in [-0.39, 0.29) is 25.0 Å². The van der Waals surface area contributed by atoms with Crippen molar-refractivity contribution in [1.29, 1.82) is 0 Å². The fraction of sp³-hybridized carbons (Fsp3) is 0.583. The van der Waals surface area contributed by atoms with Crippen LogP contribution in [0.2, 0.25) is 0 Å². The molecule has 1 fully saturated rings. The second-order valence-electron chi connectivity index (χ2n) is 5.28. The Hall–Kier alpha value is -2.05. The topological polar surface area (TPSA) is 98.3 Å². The van der Waals surface area contributed by atoms with Gasteiger partial charge < -0.3 is 20.3 Å². The molecule has 3 rings (SSSR count). The lowest BCUT2D eigenvalue weighted by Gasteiger charge is -2.32. The molecule has 0 spiro atoms. The molecule has 2 aliphatic rings. The van der Waals surface area contributed by atoms with Crippen LogP contribution in [-0.4, -0.2) is 44.1 Å². The number of nitrogens with zero attached hydrogens (tertiary/aromatic N) is 2. The minimum Gasteiger partial charge on any atom is -0.480 e. The van der Waals surface area contributed by atoms with Crippen LogP contribution in [0.1, 0.15) is 24.7 Å². The van der Waals surface area contributed by atoms with Crippen molar-refractivity contribution >= 4 is 12.0 Å². The van der Waals surface area contributed by atoms with Crippen molar-refractivity contribution < 1.29 is 14.7 Å². The van der Waals surface area contributed by atoms with Gasteiger partial charge in [-0.2, -0.15) is 0 Å². The third-order valence-electron chi connectivity index (χ3n) is 3.86. The first-order valence-corrected chi connectivity index (χ1v) is 6.37. The molecule has 2 heterocycles. The van der Waals surface area contributed by atoms with E-state index in [0.29, 0.717) is 5.92 Å². The van der Waals surface area contributed by atoms with E-state index in [4.69, 9.17) is 0 Å². The summed E-state index contributed by atoms with van der Waals surface area (Å²) in [5.41, 5.74) is 1.55. The molecule has 1 aromatic heterocycles. The van der Waals surface area contributed by atoms with Crippen LogP contribution in [-0.2, 0) is 17.8 Å². The van der Waals surface area contributed by atoms with E-state index in [2.05, 4.69) is 22.2 Å². The lowest BCUT2D eigenvalue weighted by molar-refractivity contribution is -0.142. The molecule has 1 aliphatic carbocycles. The Labute approximate surface area is 110 Å². The summed E-state index contributed by atoms with van der Waals surface area (Å²) in [5.74, 6) is -0.507. The van der Waals surface area contributed by atoms with Crippen LogP contribution < -0.4 is 5.32 Å². The van der Waals surface area contributed by atoms with E-state index in [0.717, 1.165) is 17.8 Å². The molecular weight excluding hydrogens is 248 g/mol. The number of carbonyl (C=O) groups excluding carboxylic acids is 1. The maximum Gasteiger partial charge on any atom is 0.326 e. The fourth-order valence-corrected chi connectivity index (χ4v) is 2.43. The van der Waals surface area contributed by atoms with E-state index in [9.17, 15) is 14.7 Å². The predicted octanol–water partition coefficient (Wildman–Crippen LogP) is 0.339. The van der Waals surface area contributed by atoms with Crippen LogP contribution in [0.4, 0.5) is 4.79 Å². The highest BCUT2D eigenvalue weighted by atomic mass is 16.4. The predicted molar refractivity (Wildman–Crippen MR) is 65.4 cm³/mol. The minimum absolute atomic E-state index is 0.185. The Bertz CT molecular complexity index is 527. The highest BCUT2D eigenvalue weighted by Crippen LogP contribution is 2.30. The van der Waals surface area contributed by atoms with Crippen LogP contribution in [0, 0.1) is 5.92 Å². The first-order valence-electron chi connectivity index (χ1n) is 6.37. The lowest BCUT2D eigenvalue weighted by Crippen LogP contribution is -2.52. The van der Waals surface area contributed by atoms with Crippen LogP contribution >= 0.6 is 0 Å². The van der Waals surface area contributed by atoms with E-state index in [1.165, 1.54) is 11.2 Å². The molecule has 1 aromatic rings. The molecule has 19 heavy (non-hydrogen) atoms. The summed E-state index contributed by atoms with van der Waals surface area (Å²) in [4.78, 5) is 31.9. The number of imidazole rings is 1. The average molecular weight is 264 g/mol. The van der Waals surface area contributed by atoms with Gasteiger partial charge >= 0.3 is 12.0 Å². The third-order valence-corrected chi connectivity index (χ3v) is 3.86. The number of carboxylic acids is 1. The van der Waals surface area contributed by atoms with E-state index < -0.39 is 12.0 Å². The summed E-state index contributed by atoms with van der Waals surface area (Å²) in [5, 5.41) is 12.1. The summed E-state index contributed by atoms with van der Waals surface area (Å²) in [7, 11) is 0. The summed E-state index contributed by atoms with van der Waals surface area (Å²) in [6, 6.07) is -0.961. The first kappa shape index (κ1) is 12.0. The molecule has 7 heteroatoms. The minimum atomic E-state index is -0.993. The molecule has 0 saturated heterocycles. The Morgan fingerprint density at radius 3 is 2.95 bits per heavy atom. The average Bonchev–Trinajstić information content (AvgIpc) is 2.90. The van der Waals surface area contributed by atoms with Crippen molar-refractivity contribution in [1.82, 2.24) is 20.2 Å². The van der Waals surface area contributed by atoms with Crippen LogP contribution in [0.3, 0.4) is 0 Å². The molecule has 0 bridgehead atoms. The molecule has 7 nitrogen and oxygen atoms in total. The third kappa shape index (κ3) is 2.16. The lowest BCUT2D eigenvalue weighted by atomic mass is 10.0. The maximum atomic E-state index is 12.2. The van der Waals surface area contributed by atoms with Crippen molar-refractivity contribution in [2.75, 3.05) is 0 Å². The SMILES string of the molecule is CC1CC1NC(=O)N1Cc2[nH]cnc2CC1C(=O)O. The number of fused-ring (bicyclic) bond motifs is 1. The molecule has 1 aliphatic heterocycles. The van der Waals surface area contributed by atoms with Crippen molar-refractivity contribution in [2.24, 2.45) is 5.92 Å². The molecule has 102 valence electrons. The fourth-order valence-electron chi connectivity index (χ4n) is 2.43. The van der Waals surface area contributed by atoms with Gasteiger partial charge in [0.1, 0.15) is 6.04 Å². The van der Waals surface area contributed by atoms with Gasteiger partial charge in [-0.25, -0.2) is 14.6 Å². The molecule has 3 N–H and O–H groups in total. The first-order chi connectivity index (χ1) is 9.06. The normalized spacial score (nSPS) is 28.7. The van der Waals surface area contributed by atoms with Gasteiger partial charge in [-0.3, -0.25) is 0 Å². The van der Waals surface area contributed by atoms with Gasteiger partial charge in [0.25, 0.3) is 0 Å². The van der Waals surface area contributed by atoms with Crippen molar-refractivity contribution in [2.45, 2.75) is 38.4 Å². The van der Waals surface area contributed by atoms with Crippen molar-refractivity contribution in [3.8, 4) is 0 Å². The number of carbonyl (C=O) groups is 2. The molecule has 3 unspecified atom stereocenters. The summed E-state index contributed by atoms with van der Waals surface area (Å²) < 4.78 is 0. The standard InChI is InChI=1S/C12H16N4O3/c1-6-2-7(6)15-12(19)16-4-9-8(13-5-14-9)3-10(16)11(17)18/h5-7,10H,2-4H2,1H3,(H,13,14)(H,15,19)(H,17,18). The smallest absolute Gasteiger partial charge is 0.326 e. The number of aromatic amines is 1. The maximum absolute atomic E-state index is 12.2. The number of hydrogen-bond donors (Lipinski definition) is 3. The molecule has 0 aromatic carbocycles. The van der Waals surface area contributed by atoms with Crippen molar-refractivity contribution in [3.05, 3.63) is 17.7 Å². The highest BCUT2D eigenvalue weighted by Gasteiger charge is 2.40. The van der Waals surface area contributed by atoms with Gasteiger partial charge in [0.15, 0.2) is 0 Å². The molecule has 1 saturated carbocycles. The van der Waals surface area contributed by atoms with E-state index in [1.54, 1.807) is 0 Å². The van der Waals surface area contributed by atoms with E-state index >= 15 is 0 Å². The van der Waals surface area contributed by atoms with Gasteiger partial charge in [0, 0.05) is 12.5 Å². The second-order valence-corrected chi connectivity index (χ2v) is 5.28. The van der Waals surface area contributed by atoms with Gasteiger partial charge in [-0.05, 0) is 12.3 Å². The zero-order chi connectivity index (χ0) is 13.6. The number of carboxylic acid groups (broad SMARTS) is 1. The summed E-state index contributed by atoms with van der Waals surface area (Å²) in [6.45, 7) is 2.32. The number of urea groups is 1. The number of aliphatic carboxylic acids is 1. The van der Waals surface area contributed by atoms with Gasteiger partial charge in [0.05, 0.1) is 24.3 Å². The van der Waals surface area contributed by atoms with Gasteiger partial charge in [-0.1, -0.05) is 6.92 Å². The highest BCUT2D eigenvalue weighted by molar-refractivity contribution is 5.83. The zero-order valence-corrected chi connectivity index (χ0v) is 10.6. The Kier molecular flexibility index (Phi) is 2.69. The van der Waals surface area contributed by atoms with Crippen molar-refractivity contribution in [3.63, 3.8) is 0 Å². The van der Waals surface area contributed by atoms with Gasteiger partial charge in [-0.15, -0.1) is 0 Å². The van der Waals surface area contributed by atoms with Gasteiger partial charge in [0.2, 0.25) is 0 Å². The zero-order valence-electron chi connectivity index (χ0n) is 10.6. The number of nitrogens with one attached hydrogen (secondary N) is 2. The number of hydrogen-bond acceptors (Lipinski definition) is 3. The Balaban J connectivity index is 1.78. The number of aromatic nitrogens is 2. The van der Waals surface area contributed by atoms with E-state index in [1.807, 2.05) is 0 Å². The Morgan fingerprint density at radius 1 is 1.58 bits per heavy atom. The monoisotopic (exact) mass is 264 g/mol. The molecule has 2 amide bonds. The summed E-state index contributed by atoms with van der Waals surface area (Å²) >= 11 is 0. The summed E-state index contributed by atoms with van der Waals surface area (Å²) in [6.07, 6.45) is 2.75. The largest absolute Gasteiger partial charge is 0.480 e. The van der Waals surface area contributed by atoms with Crippen LogP contribution in [0.25, 0.3) is 0 Å². The molecule has 0 radical (unpaired) electrons. The quantitative estimate of drug-likeness (QED) is 0.717. The molecule has 3 atom stereocenters. The van der Waals surface area contributed by atoms with Crippen LogP contribution in [0.15, 0.2) is 6.33 Å². The number of amides is 2.